The van der Waals surface area contributed by atoms with E-state index in [0.29, 0.717) is 32.2 Å². The predicted octanol–water partition coefficient (Wildman–Crippen LogP) is 4.37. The number of piperidine rings is 1. The molecule has 0 radical (unpaired) electrons. The zero-order chi connectivity index (χ0) is 20.0. The number of thiocarbonyl (C=S) groups is 1. The molecule has 150 valence electrons. The maximum absolute atomic E-state index is 12.5. The average Bonchev–Trinajstić information content (AvgIpc) is 2.98. The van der Waals surface area contributed by atoms with Crippen LogP contribution in [0.5, 0.6) is 0 Å². The maximum Gasteiger partial charge on any atom is 0.348 e. The molecule has 1 aromatic rings. The third kappa shape index (κ3) is 4.99. The minimum absolute atomic E-state index is 0.261. The van der Waals surface area contributed by atoms with Crippen molar-refractivity contribution in [3.63, 3.8) is 0 Å². The lowest BCUT2D eigenvalue weighted by atomic mass is 10.0. The SMILES string of the molecule is CCOC(=O)c1sc(NC(=S)N2CCCCC2CC)c(C(=O)OCC)c1C. The molecule has 0 spiro atoms. The Morgan fingerprint density at radius 2 is 1.85 bits per heavy atom. The van der Waals surface area contributed by atoms with Gasteiger partial charge in [-0.05, 0) is 64.2 Å². The first-order valence-corrected chi connectivity index (χ1v) is 10.7. The minimum atomic E-state index is -0.460. The number of hydrogen-bond acceptors (Lipinski definition) is 6. The normalized spacial score (nSPS) is 16.7. The summed E-state index contributed by atoms with van der Waals surface area (Å²) < 4.78 is 10.3. The van der Waals surface area contributed by atoms with Crippen molar-refractivity contribution in [2.45, 2.75) is 59.4 Å². The van der Waals surface area contributed by atoms with E-state index in [4.69, 9.17) is 21.7 Å². The Balaban J connectivity index is 2.33. The molecule has 2 heterocycles. The molecule has 0 bridgehead atoms. The van der Waals surface area contributed by atoms with Crippen LogP contribution >= 0.6 is 23.6 Å². The molecule has 0 aromatic carbocycles. The van der Waals surface area contributed by atoms with Crippen molar-refractivity contribution in [1.29, 1.82) is 0 Å². The molecule has 0 amide bonds. The molecule has 1 unspecified atom stereocenters. The molecular weight excluding hydrogens is 384 g/mol. The maximum atomic E-state index is 12.5. The van der Waals surface area contributed by atoms with Gasteiger partial charge < -0.3 is 19.7 Å². The molecule has 27 heavy (non-hydrogen) atoms. The Bertz CT molecular complexity index is 702. The van der Waals surface area contributed by atoms with Crippen LogP contribution in [-0.4, -0.2) is 47.8 Å². The van der Waals surface area contributed by atoms with Gasteiger partial charge in [0.05, 0.1) is 18.8 Å². The highest BCUT2D eigenvalue weighted by molar-refractivity contribution is 7.80. The van der Waals surface area contributed by atoms with Crippen LogP contribution < -0.4 is 5.32 Å². The van der Waals surface area contributed by atoms with Crippen LogP contribution in [0.15, 0.2) is 0 Å². The van der Waals surface area contributed by atoms with Crippen LogP contribution in [0.3, 0.4) is 0 Å². The number of hydrogen-bond donors (Lipinski definition) is 1. The van der Waals surface area contributed by atoms with Crippen molar-refractivity contribution >= 4 is 45.6 Å². The third-order valence-electron chi connectivity index (χ3n) is 4.67. The summed E-state index contributed by atoms with van der Waals surface area (Å²) in [5.41, 5.74) is 0.921. The van der Waals surface area contributed by atoms with Gasteiger partial charge in [0.25, 0.3) is 0 Å². The molecule has 1 aliphatic rings. The molecule has 2 rings (SSSR count). The molecule has 1 aromatic heterocycles. The fourth-order valence-corrected chi connectivity index (χ4v) is 4.80. The average molecular weight is 413 g/mol. The number of anilines is 1. The zero-order valence-corrected chi connectivity index (χ0v) is 18.1. The van der Waals surface area contributed by atoms with Crippen LogP contribution in [0.25, 0.3) is 0 Å². The predicted molar refractivity (Wildman–Crippen MR) is 112 cm³/mol. The van der Waals surface area contributed by atoms with Crippen molar-refractivity contribution in [1.82, 2.24) is 4.90 Å². The van der Waals surface area contributed by atoms with Crippen molar-refractivity contribution in [3.05, 3.63) is 16.0 Å². The summed E-state index contributed by atoms with van der Waals surface area (Å²) in [6.45, 7) is 8.83. The van der Waals surface area contributed by atoms with Gasteiger partial charge in [-0.1, -0.05) is 6.92 Å². The second kappa shape index (κ2) is 10.0. The molecule has 1 saturated heterocycles. The zero-order valence-electron chi connectivity index (χ0n) is 16.4. The van der Waals surface area contributed by atoms with Crippen molar-refractivity contribution in [3.8, 4) is 0 Å². The highest BCUT2D eigenvalue weighted by Gasteiger charge is 2.29. The van der Waals surface area contributed by atoms with Crippen molar-refractivity contribution in [2.75, 3.05) is 25.1 Å². The molecule has 0 saturated carbocycles. The van der Waals surface area contributed by atoms with Gasteiger partial charge in [0.1, 0.15) is 9.88 Å². The lowest BCUT2D eigenvalue weighted by molar-refractivity contribution is 0.0527. The summed E-state index contributed by atoms with van der Waals surface area (Å²) in [4.78, 5) is 27.3. The largest absolute Gasteiger partial charge is 0.462 e. The van der Waals surface area contributed by atoms with E-state index in [1.807, 2.05) is 0 Å². The van der Waals surface area contributed by atoms with Gasteiger partial charge in [-0.25, -0.2) is 9.59 Å². The first-order chi connectivity index (χ1) is 12.9. The second-order valence-electron chi connectivity index (χ2n) is 6.38. The van der Waals surface area contributed by atoms with E-state index in [9.17, 15) is 9.59 Å². The highest BCUT2D eigenvalue weighted by atomic mass is 32.1. The van der Waals surface area contributed by atoms with Crippen LogP contribution in [0, 0.1) is 6.92 Å². The summed E-state index contributed by atoms with van der Waals surface area (Å²) in [5, 5.41) is 4.34. The molecule has 1 fully saturated rings. The Morgan fingerprint density at radius 1 is 1.19 bits per heavy atom. The Hall–Kier alpha value is -1.67. The van der Waals surface area contributed by atoms with Gasteiger partial charge in [0.2, 0.25) is 0 Å². The van der Waals surface area contributed by atoms with Crippen LogP contribution in [0.1, 0.15) is 72.0 Å². The number of thiophene rings is 1. The molecule has 0 aliphatic carbocycles. The van der Waals surface area contributed by atoms with E-state index in [1.54, 1.807) is 20.8 Å². The van der Waals surface area contributed by atoms with Gasteiger partial charge in [0, 0.05) is 12.6 Å². The Morgan fingerprint density at radius 3 is 2.48 bits per heavy atom. The quantitative estimate of drug-likeness (QED) is 0.549. The van der Waals surface area contributed by atoms with E-state index in [2.05, 4.69) is 17.1 Å². The van der Waals surface area contributed by atoms with Crippen LogP contribution in [0.4, 0.5) is 5.00 Å². The van der Waals surface area contributed by atoms with Crippen LogP contribution in [-0.2, 0) is 9.47 Å². The van der Waals surface area contributed by atoms with Crippen LogP contribution in [0.2, 0.25) is 0 Å². The number of nitrogens with one attached hydrogen (secondary N) is 1. The van der Waals surface area contributed by atoms with E-state index in [1.165, 1.54) is 17.8 Å². The lowest BCUT2D eigenvalue weighted by Gasteiger charge is -2.37. The number of nitrogens with zero attached hydrogens (tertiary/aromatic N) is 1. The second-order valence-corrected chi connectivity index (χ2v) is 7.79. The van der Waals surface area contributed by atoms with E-state index < -0.39 is 11.9 Å². The number of esters is 2. The van der Waals surface area contributed by atoms with Crippen molar-refractivity contribution in [2.24, 2.45) is 0 Å². The van der Waals surface area contributed by atoms with E-state index in [0.717, 1.165) is 25.8 Å². The smallest absolute Gasteiger partial charge is 0.348 e. The minimum Gasteiger partial charge on any atom is -0.462 e. The van der Waals surface area contributed by atoms with Gasteiger partial charge in [-0.2, -0.15) is 0 Å². The van der Waals surface area contributed by atoms with Crippen molar-refractivity contribution < 1.29 is 19.1 Å². The van der Waals surface area contributed by atoms with Gasteiger partial charge >= 0.3 is 11.9 Å². The monoisotopic (exact) mass is 412 g/mol. The number of rotatable bonds is 6. The fourth-order valence-electron chi connectivity index (χ4n) is 3.30. The standard InChI is InChI=1S/C19H28N2O4S2/c1-5-13-10-8-9-11-21(13)19(26)20-16-14(17(22)24-6-2)12(4)15(27-16)18(23)25-7-3/h13H,5-11H2,1-4H3,(H,20,26). The van der Waals surface area contributed by atoms with E-state index >= 15 is 0 Å². The first kappa shape index (κ1) is 21.6. The topological polar surface area (TPSA) is 67.9 Å². The summed E-state index contributed by atoms with van der Waals surface area (Å²) >= 11 is 6.82. The number of carbonyl (C=O) groups excluding carboxylic acids is 2. The number of carbonyl (C=O) groups is 2. The summed E-state index contributed by atoms with van der Waals surface area (Å²) in [5.74, 6) is -0.897. The first-order valence-electron chi connectivity index (χ1n) is 9.49. The highest BCUT2D eigenvalue weighted by Crippen LogP contribution is 2.35. The van der Waals surface area contributed by atoms with Gasteiger partial charge in [-0.15, -0.1) is 11.3 Å². The van der Waals surface area contributed by atoms with Gasteiger partial charge in [-0.3, -0.25) is 0 Å². The molecule has 1 atom stereocenters. The van der Waals surface area contributed by atoms with E-state index in [-0.39, 0.29) is 13.2 Å². The summed E-state index contributed by atoms with van der Waals surface area (Å²) in [6, 6.07) is 0.398. The molecule has 6 nitrogen and oxygen atoms in total. The Kier molecular flexibility index (Phi) is 8.04. The third-order valence-corrected chi connectivity index (χ3v) is 6.19. The summed E-state index contributed by atoms with van der Waals surface area (Å²) in [6.07, 6.45) is 4.43. The van der Waals surface area contributed by atoms with Gasteiger partial charge in [0.15, 0.2) is 5.11 Å². The molecule has 1 N–H and O–H groups in total. The lowest BCUT2D eigenvalue weighted by Crippen LogP contribution is -2.45. The summed E-state index contributed by atoms with van der Waals surface area (Å²) in [7, 11) is 0. The molecular formula is C19H28N2O4S2. The molecule has 1 aliphatic heterocycles. The fraction of sp³-hybridized carbons (Fsp3) is 0.632. The number of ether oxygens (including phenoxy) is 2. The Labute approximate surface area is 170 Å². The number of likely N-dealkylation sites (tertiary alicyclic amines) is 1. The molecule has 8 heteroatoms.